The van der Waals surface area contributed by atoms with Crippen LogP contribution in [0.5, 0.6) is 0 Å². The standard InChI is InChI=1S/C29H22/c1-29(2)26-16-14-20-8-5-6-10-24(20)28(26)25-15-13-23(18-27(25)29)22-12-11-19-7-3-4-9-21(19)17-22/h3-18H,1-2H3. The zero-order valence-electron chi connectivity index (χ0n) is 16.7. The Bertz CT molecular complexity index is 1420. The molecule has 0 bridgehead atoms. The first-order chi connectivity index (χ1) is 14.1. The Balaban J connectivity index is 1.58. The highest BCUT2D eigenvalue weighted by atomic mass is 14.4. The van der Waals surface area contributed by atoms with Crippen LogP contribution in [0, 0.1) is 0 Å². The molecular formula is C29H22. The molecule has 0 saturated heterocycles. The first-order valence-electron chi connectivity index (χ1n) is 10.3. The first kappa shape index (κ1) is 16.6. The van der Waals surface area contributed by atoms with Gasteiger partial charge in [0.25, 0.3) is 0 Å². The molecule has 5 aromatic rings. The summed E-state index contributed by atoms with van der Waals surface area (Å²) < 4.78 is 0. The van der Waals surface area contributed by atoms with Gasteiger partial charge >= 0.3 is 0 Å². The lowest BCUT2D eigenvalue weighted by Crippen LogP contribution is -2.15. The molecule has 0 heteroatoms. The van der Waals surface area contributed by atoms with Gasteiger partial charge in [-0.1, -0.05) is 98.8 Å². The fraction of sp³-hybridized carbons (Fsp3) is 0.103. The van der Waals surface area contributed by atoms with Crippen molar-refractivity contribution in [3.05, 3.63) is 108 Å². The predicted molar refractivity (Wildman–Crippen MR) is 124 cm³/mol. The Morgan fingerprint density at radius 1 is 0.517 bits per heavy atom. The van der Waals surface area contributed by atoms with Crippen molar-refractivity contribution in [1.82, 2.24) is 0 Å². The van der Waals surface area contributed by atoms with Gasteiger partial charge in [0.2, 0.25) is 0 Å². The highest BCUT2D eigenvalue weighted by Crippen LogP contribution is 2.52. The number of hydrogen-bond acceptors (Lipinski definition) is 0. The second-order valence-corrected chi connectivity index (χ2v) is 8.66. The average Bonchev–Trinajstić information content (AvgIpc) is 3.00. The monoisotopic (exact) mass is 370 g/mol. The Labute approximate surface area is 171 Å². The molecule has 0 heterocycles. The van der Waals surface area contributed by atoms with Gasteiger partial charge in [0.1, 0.15) is 0 Å². The molecule has 0 atom stereocenters. The largest absolute Gasteiger partial charge is 0.0616 e. The molecule has 0 nitrogen and oxygen atoms in total. The van der Waals surface area contributed by atoms with E-state index in [1.807, 2.05) is 0 Å². The van der Waals surface area contributed by atoms with Crippen molar-refractivity contribution >= 4 is 21.5 Å². The summed E-state index contributed by atoms with van der Waals surface area (Å²) in [6, 6.07) is 35.7. The summed E-state index contributed by atoms with van der Waals surface area (Å²) >= 11 is 0. The molecule has 5 aromatic carbocycles. The predicted octanol–water partition coefficient (Wildman–Crippen LogP) is 7.97. The van der Waals surface area contributed by atoms with E-state index in [0.29, 0.717) is 0 Å². The van der Waals surface area contributed by atoms with E-state index in [1.54, 1.807) is 0 Å². The topological polar surface area (TPSA) is 0 Å². The van der Waals surface area contributed by atoms with Gasteiger partial charge in [0.15, 0.2) is 0 Å². The summed E-state index contributed by atoms with van der Waals surface area (Å²) in [5.41, 5.74) is 8.22. The number of rotatable bonds is 1. The highest BCUT2D eigenvalue weighted by Gasteiger charge is 2.36. The zero-order valence-corrected chi connectivity index (χ0v) is 16.7. The SMILES string of the molecule is CC1(C)c2cc(-c3ccc4ccccc4c3)ccc2-c2c1ccc1ccccc21. The van der Waals surface area contributed by atoms with Crippen LogP contribution in [0.15, 0.2) is 97.1 Å². The van der Waals surface area contributed by atoms with Crippen molar-refractivity contribution in [3.8, 4) is 22.3 Å². The lowest BCUT2D eigenvalue weighted by molar-refractivity contribution is 0.661. The molecular weight excluding hydrogens is 348 g/mol. The van der Waals surface area contributed by atoms with Crippen LogP contribution in [0.25, 0.3) is 43.8 Å². The van der Waals surface area contributed by atoms with E-state index in [2.05, 4.69) is 111 Å². The zero-order chi connectivity index (χ0) is 19.6. The van der Waals surface area contributed by atoms with E-state index >= 15 is 0 Å². The molecule has 29 heavy (non-hydrogen) atoms. The average molecular weight is 370 g/mol. The molecule has 0 saturated carbocycles. The maximum atomic E-state index is 2.41. The quantitative estimate of drug-likeness (QED) is 0.281. The van der Waals surface area contributed by atoms with Crippen molar-refractivity contribution in [2.75, 3.05) is 0 Å². The smallest absolute Gasteiger partial charge is 0.0159 e. The molecule has 0 aliphatic heterocycles. The van der Waals surface area contributed by atoms with E-state index in [4.69, 9.17) is 0 Å². The summed E-state index contributed by atoms with van der Waals surface area (Å²) in [5.74, 6) is 0. The van der Waals surface area contributed by atoms with Gasteiger partial charge in [-0.05, 0) is 67.1 Å². The fourth-order valence-corrected chi connectivity index (χ4v) is 5.06. The second kappa shape index (κ2) is 5.81. The van der Waals surface area contributed by atoms with Gasteiger partial charge in [-0.2, -0.15) is 0 Å². The third kappa shape index (κ3) is 2.32. The summed E-state index contributed by atoms with van der Waals surface area (Å²) in [4.78, 5) is 0. The molecule has 138 valence electrons. The van der Waals surface area contributed by atoms with Gasteiger partial charge < -0.3 is 0 Å². The molecule has 0 N–H and O–H groups in total. The van der Waals surface area contributed by atoms with Crippen molar-refractivity contribution in [1.29, 1.82) is 0 Å². The fourth-order valence-electron chi connectivity index (χ4n) is 5.06. The molecule has 6 rings (SSSR count). The van der Waals surface area contributed by atoms with Crippen molar-refractivity contribution in [3.63, 3.8) is 0 Å². The molecule has 0 unspecified atom stereocenters. The number of benzene rings is 5. The third-order valence-corrected chi connectivity index (χ3v) is 6.65. The van der Waals surface area contributed by atoms with Crippen LogP contribution in [0.2, 0.25) is 0 Å². The Kier molecular flexibility index (Phi) is 3.32. The van der Waals surface area contributed by atoms with E-state index in [9.17, 15) is 0 Å². The number of fused-ring (bicyclic) bond motifs is 6. The van der Waals surface area contributed by atoms with Crippen LogP contribution in [0.3, 0.4) is 0 Å². The minimum atomic E-state index is 0.00154. The summed E-state index contributed by atoms with van der Waals surface area (Å²) in [6.45, 7) is 4.72. The van der Waals surface area contributed by atoms with Crippen LogP contribution in [0.4, 0.5) is 0 Å². The minimum absolute atomic E-state index is 0.00154. The van der Waals surface area contributed by atoms with E-state index in [1.165, 1.54) is 54.9 Å². The summed E-state index contributed by atoms with van der Waals surface area (Å²) in [5, 5.41) is 5.25. The molecule has 1 aliphatic rings. The molecule has 0 amide bonds. The van der Waals surface area contributed by atoms with Crippen molar-refractivity contribution in [2.24, 2.45) is 0 Å². The Hall–Kier alpha value is -3.38. The lowest BCUT2D eigenvalue weighted by Gasteiger charge is -2.22. The maximum Gasteiger partial charge on any atom is 0.0159 e. The number of hydrogen-bond donors (Lipinski definition) is 0. The van der Waals surface area contributed by atoms with Crippen LogP contribution < -0.4 is 0 Å². The third-order valence-electron chi connectivity index (χ3n) is 6.65. The molecule has 0 aromatic heterocycles. The molecule has 0 fully saturated rings. The molecule has 0 radical (unpaired) electrons. The van der Waals surface area contributed by atoms with Crippen LogP contribution in [-0.2, 0) is 5.41 Å². The molecule has 0 spiro atoms. The molecule has 1 aliphatic carbocycles. The Morgan fingerprint density at radius 2 is 1.17 bits per heavy atom. The first-order valence-corrected chi connectivity index (χ1v) is 10.3. The van der Waals surface area contributed by atoms with Gasteiger partial charge in [-0.3, -0.25) is 0 Å². The van der Waals surface area contributed by atoms with Gasteiger partial charge in [-0.25, -0.2) is 0 Å². The van der Waals surface area contributed by atoms with Crippen LogP contribution in [-0.4, -0.2) is 0 Å². The van der Waals surface area contributed by atoms with Crippen LogP contribution in [0.1, 0.15) is 25.0 Å². The normalized spacial score (nSPS) is 14.1. The van der Waals surface area contributed by atoms with Gasteiger partial charge in [-0.15, -0.1) is 0 Å². The lowest BCUT2D eigenvalue weighted by atomic mass is 9.81. The van der Waals surface area contributed by atoms with E-state index < -0.39 is 0 Å². The van der Waals surface area contributed by atoms with E-state index in [0.717, 1.165) is 0 Å². The second-order valence-electron chi connectivity index (χ2n) is 8.66. The van der Waals surface area contributed by atoms with E-state index in [-0.39, 0.29) is 5.41 Å². The highest BCUT2D eigenvalue weighted by molar-refractivity contribution is 6.03. The summed E-state index contributed by atoms with van der Waals surface area (Å²) in [6.07, 6.45) is 0. The van der Waals surface area contributed by atoms with Crippen molar-refractivity contribution < 1.29 is 0 Å². The Morgan fingerprint density at radius 3 is 2.03 bits per heavy atom. The van der Waals surface area contributed by atoms with Gasteiger partial charge in [0.05, 0.1) is 0 Å². The van der Waals surface area contributed by atoms with Gasteiger partial charge in [0, 0.05) is 5.41 Å². The van der Waals surface area contributed by atoms with Crippen LogP contribution >= 0.6 is 0 Å². The van der Waals surface area contributed by atoms with Crippen molar-refractivity contribution in [2.45, 2.75) is 19.3 Å². The summed E-state index contributed by atoms with van der Waals surface area (Å²) in [7, 11) is 0. The minimum Gasteiger partial charge on any atom is -0.0616 e. The maximum absolute atomic E-state index is 2.41.